The van der Waals surface area contributed by atoms with Crippen molar-refractivity contribution in [2.24, 2.45) is 0 Å². The molecular weight excluding hydrogens is 621 g/mol. The number of carbonyl (C=O) groups excluding carboxylic acids is 1. The van der Waals surface area contributed by atoms with Gasteiger partial charge in [-0.05, 0) is 88.4 Å². The van der Waals surface area contributed by atoms with Crippen LogP contribution < -0.4 is 9.80 Å². The lowest BCUT2D eigenvalue weighted by molar-refractivity contribution is -0.143. The second-order valence-corrected chi connectivity index (χ2v) is 11.9. The van der Waals surface area contributed by atoms with Gasteiger partial charge in [0.05, 0.1) is 34.1 Å². The van der Waals surface area contributed by atoms with Crippen molar-refractivity contribution in [3.63, 3.8) is 0 Å². The van der Waals surface area contributed by atoms with E-state index < -0.39 is 59.5 Å². The Morgan fingerprint density at radius 3 is 2.00 bits per heavy atom. The minimum atomic E-state index is -5.10. The number of ether oxygens (including phenoxy) is 1. The number of benzene rings is 2. The third kappa shape index (κ3) is 7.85. The first-order valence-corrected chi connectivity index (χ1v) is 13.7. The summed E-state index contributed by atoms with van der Waals surface area (Å²) in [6.45, 7) is 6.86. The second kappa shape index (κ2) is 11.8. The Bertz CT molecular complexity index is 1520. The summed E-state index contributed by atoms with van der Waals surface area (Å²) in [6.07, 6.45) is -15.6. The fourth-order valence-electron chi connectivity index (χ4n) is 5.21. The van der Waals surface area contributed by atoms with Gasteiger partial charge >= 0.3 is 24.6 Å². The zero-order chi connectivity index (χ0) is 33.7. The van der Waals surface area contributed by atoms with Crippen LogP contribution in [0.3, 0.4) is 0 Å². The van der Waals surface area contributed by atoms with Crippen molar-refractivity contribution in [1.82, 2.24) is 5.16 Å². The van der Waals surface area contributed by atoms with Gasteiger partial charge in [0.1, 0.15) is 5.60 Å². The van der Waals surface area contributed by atoms with E-state index in [0.717, 1.165) is 11.0 Å². The van der Waals surface area contributed by atoms with Crippen molar-refractivity contribution in [2.45, 2.75) is 84.2 Å². The summed E-state index contributed by atoms with van der Waals surface area (Å²) in [7, 11) is 0. The number of anilines is 2. The van der Waals surface area contributed by atoms with Gasteiger partial charge in [-0.3, -0.25) is 4.90 Å². The van der Waals surface area contributed by atoms with E-state index in [9.17, 15) is 44.3 Å². The van der Waals surface area contributed by atoms with Gasteiger partial charge in [-0.1, -0.05) is 11.2 Å². The van der Waals surface area contributed by atoms with Crippen molar-refractivity contribution >= 4 is 17.7 Å². The predicted molar refractivity (Wildman–Crippen MR) is 146 cm³/mol. The molecule has 0 bridgehead atoms. The lowest BCUT2D eigenvalue weighted by Gasteiger charge is -2.33. The van der Waals surface area contributed by atoms with Gasteiger partial charge in [0.15, 0.2) is 0 Å². The van der Waals surface area contributed by atoms with Gasteiger partial charge in [0.2, 0.25) is 5.88 Å². The molecule has 2 aromatic carbocycles. The molecule has 0 fully saturated rings. The average molecular weight is 652 g/mol. The standard InChI is InChI=1S/C30H30F9N3O3/c1-16-9-21-23(7-6-8-41(26(43)44-27(3,4)5)24(21)14-22(16)30(37,38)39)42(25-10-17(2)40-45-25)15-18-11-19(28(31,32)33)13-20(12-18)29(34,35)36/h9-14,23H,6-8,15H2,1-5H3. The van der Waals surface area contributed by atoms with E-state index in [-0.39, 0.29) is 53.7 Å². The van der Waals surface area contributed by atoms with Crippen molar-refractivity contribution in [1.29, 1.82) is 0 Å². The summed E-state index contributed by atoms with van der Waals surface area (Å²) in [5, 5.41) is 3.80. The third-order valence-electron chi connectivity index (χ3n) is 7.08. The van der Waals surface area contributed by atoms with Crippen LogP contribution in [0.25, 0.3) is 0 Å². The molecule has 0 saturated heterocycles. The fraction of sp³-hybridized carbons (Fsp3) is 0.467. The number of alkyl halides is 9. The van der Waals surface area contributed by atoms with Crippen LogP contribution in [0.1, 0.15) is 78.7 Å². The monoisotopic (exact) mass is 651 g/mol. The second-order valence-electron chi connectivity index (χ2n) is 11.9. The quantitative estimate of drug-likeness (QED) is 0.263. The van der Waals surface area contributed by atoms with Crippen LogP contribution in [0.2, 0.25) is 0 Å². The molecule has 0 radical (unpaired) electrons. The molecule has 15 heteroatoms. The highest BCUT2D eigenvalue weighted by atomic mass is 19.4. The lowest BCUT2D eigenvalue weighted by Crippen LogP contribution is -2.37. The van der Waals surface area contributed by atoms with E-state index in [2.05, 4.69) is 5.16 Å². The van der Waals surface area contributed by atoms with Crippen LogP contribution in [-0.4, -0.2) is 23.4 Å². The van der Waals surface area contributed by atoms with Crippen molar-refractivity contribution in [3.05, 3.63) is 75.5 Å². The number of rotatable bonds is 4. The lowest BCUT2D eigenvalue weighted by atomic mass is 9.94. The van der Waals surface area contributed by atoms with Crippen LogP contribution in [0.4, 0.5) is 55.9 Å². The van der Waals surface area contributed by atoms with Crippen molar-refractivity contribution in [3.8, 4) is 0 Å². The Kier molecular flexibility index (Phi) is 8.90. The molecule has 0 spiro atoms. The van der Waals surface area contributed by atoms with Gasteiger partial charge in [-0.25, -0.2) is 4.79 Å². The Morgan fingerprint density at radius 1 is 0.911 bits per heavy atom. The topological polar surface area (TPSA) is 58.8 Å². The number of hydrogen-bond donors (Lipinski definition) is 0. The SMILES string of the molecule is Cc1cc(N(Cc2cc(C(F)(F)F)cc(C(F)(F)F)c2)C2CCCN(C(=O)OC(C)(C)C)c3cc(C(F)(F)F)c(C)cc32)on1. The molecule has 0 saturated carbocycles. The van der Waals surface area contributed by atoms with Crippen LogP contribution in [0.15, 0.2) is 40.9 Å². The smallest absolute Gasteiger partial charge is 0.416 e. The van der Waals surface area contributed by atoms with Gasteiger partial charge in [-0.15, -0.1) is 0 Å². The minimum absolute atomic E-state index is 0.00806. The molecule has 0 aliphatic carbocycles. The van der Waals surface area contributed by atoms with E-state index >= 15 is 0 Å². The van der Waals surface area contributed by atoms with Gasteiger partial charge < -0.3 is 14.2 Å². The van der Waals surface area contributed by atoms with Gasteiger partial charge in [-0.2, -0.15) is 39.5 Å². The Hall–Kier alpha value is -3.91. The zero-order valence-corrected chi connectivity index (χ0v) is 24.8. The number of halogens is 9. The molecule has 45 heavy (non-hydrogen) atoms. The first-order valence-electron chi connectivity index (χ1n) is 13.7. The predicted octanol–water partition coefficient (Wildman–Crippen LogP) is 9.63. The van der Waals surface area contributed by atoms with Crippen molar-refractivity contribution in [2.75, 3.05) is 16.3 Å². The molecule has 1 aliphatic rings. The van der Waals surface area contributed by atoms with E-state index in [1.165, 1.54) is 24.0 Å². The molecule has 1 unspecified atom stereocenters. The van der Waals surface area contributed by atoms with E-state index in [0.29, 0.717) is 17.8 Å². The largest absolute Gasteiger partial charge is 0.443 e. The van der Waals surface area contributed by atoms with E-state index in [4.69, 9.17) is 9.26 Å². The maximum absolute atomic E-state index is 14.0. The number of fused-ring (bicyclic) bond motifs is 1. The summed E-state index contributed by atoms with van der Waals surface area (Å²) >= 11 is 0. The highest BCUT2D eigenvalue weighted by Gasteiger charge is 2.40. The number of aromatic nitrogens is 1. The fourth-order valence-corrected chi connectivity index (χ4v) is 5.21. The Balaban J connectivity index is 1.93. The molecule has 4 rings (SSSR count). The van der Waals surface area contributed by atoms with Gasteiger partial charge in [0.25, 0.3) is 0 Å². The summed E-state index contributed by atoms with van der Waals surface area (Å²) in [5.41, 5.74) is -5.31. The highest BCUT2D eigenvalue weighted by Crippen LogP contribution is 2.45. The zero-order valence-electron chi connectivity index (χ0n) is 24.8. The molecule has 3 aromatic rings. The number of hydrogen-bond acceptors (Lipinski definition) is 5. The summed E-state index contributed by atoms with van der Waals surface area (Å²) in [6, 6.07) is 3.63. The maximum atomic E-state index is 14.0. The molecule has 6 nitrogen and oxygen atoms in total. The molecule has 1 amide bonds. The van der Waals surface area contributed by atoms with Crippen LogP contribution >= 0.6 is 0 Å². The first kappa shape index (κ1) is 34.0. The number of nitrogens with zero attached hydrogens (tertiary/aromatic N) is 3. The van der Waals surface area contributed by atoms with E-state index in [1.807, 2.05) is 0 Å². The maximum Gasteiger partial charge on any atom is 0.416 e. The summed E-state index contributed by atoms with van der Waals surface area (Å²) < 4.78 is 135. The average Bonchev–Trinajstić information content (AvgIpc) is 3.22. The van der Waals surface area contributed by atoms with E-state index in [1.54, 1.807) is 27.7 Å². The molecule has 1 atom stereocenters. The molecule has 246 valence electrons. The first-order chi connectivity index (χ1) is 20.5. The summed E-state index contributed by atoms with van der Waals surface area (Å²) in [5.74, 6) is -0.0438. The minimum Gasteiger partial charge on any atom is -0.443 e. The number of carbonyl (C=O) groups is 1. The number of aryl methyl sites for hydroxylation is 2. The van der Waals surface area contributed by atoms with Crippen LogP contribution in [0.5, 0.6) is 0 Å². The highest BCUT2D eigenvalue weighted by molar-refractivity contribution is 5.90. The summed E-state index contributed by atoms with van der Waals surface area (Å²) in [4.78, 5) is 15.7. The van der Waals surface area contributed by atoms with Crippen molar-refractivity contribution < 1.29 is 53.6 Å². The third-order valence-corrected chi connectivity index (χ3v) is 7.08. The normalized spacial score (nSPS) is 16.3. The molecule has 1 aliphatic heterocycles. The number of amides is 1. The Labute approximate surface area is 252 Å². The van der Waals surface area contributed by atoms with Crippen LogP contribution in [0, 0.1) is 13.8 Å². The molecule has 2 heterocycles. The molecular formula is C30H30F9N3O3. The Morgan fingerprint density at radius 2 is 1.51 bits per heavy atom. The van der Waals surface area contributed by atoms with Crippen LogP contribution in [-0.2, 0) is 29.8 Å². The van der Waals surface area contributed by atoms with Gasteiger partial charge in [0, 0.05) is 19.2 Å². The molecule has 1 aromatic heterocycles. The molecule has 0 N–H and O–H groups in total.